The normalized spacial score (nSPS) is 24.2. The lowest BCUT2D eigenvalue weighted by atomic mass is 9.89. The Hall–Kier alpha value is -4.19. The molecule has 2 aliphatic rings. The van der Waals surface area contributed by atoms with Crippen LogP contribution in [0.15, 0.2) is 109 Å². The van der Waals surface area contributed by atoms with Gasteiger partial charge in [0.25, 0.3) is 0 Å². The lowest BCUT2D eigenvalue weighted by Gasteiger charge is -2.19. The van der Waals surface area contributed by atoms with E-state index >= 15 is 0 Å². The summed E-state index contributed by atoms with van der Waals surface area (Å²) in [7, 11) is 0. The molecule has 0 unspecified atom stereocenters. The molecule has 7 N–H and O–H groups in total. The van der Waals surface area contributed by atoms with Crippen LogP contribution in [0.1, 0.15) is 109 Å². The number of unbranched alkanes of at least 4 members (excludes halogenated alkanes) is 2. The Bertz CT molecular complexity index is 1630. The molecule has 2 aromatic rings. The van der Waals surface area contributed by atoms with Gasteiger partial charge in [-0.15, -0.1) is 0 Å². The first kappa shape index (κ1) is 52.9. The first-order chi connectivity index (χ1) is 29.0. The van der Waals surface area contributed by atoms with Gasteiger partial charge >= 0.3 is 0 Å². The highest BCUT2D eigenvalue weighted by Crippen LogP contribution is 2.37. The van der Waals surface area contributed by atoms with Crippen LogP contribution < -0.4 is 10.6 Å². The largest absolute Gasteiger partial charge is 0.393 e. The molecule has 2 saturated carbocycles. The fourth-order valence-corrected chi connectivity index (χ4v) is 8.01. The highest BCUT2D eigenvalue weighted by atomic mass is 16.3. The predicted molar refractivity (Wildman–Crippen MR) is 245 cm³/mol. The van der Waals surface area contributed by atoms with Crippen molar-refractivity contribution < 1.29 is 39.9 Å². The maximum absolute atomic E-state index is 12.2. The Morgan fingerprint density at radius 1 is 0.639 bits per heavy atom. The van der Waals surface area contributed by atoms with Crippen molar-refractivity contribution in [2.45, 2.75) is 142 Å². The number of aliphatic hydroxyl groups excluding tert-OH is 5. The topological polar surface area (TPSA) is 176 Å². The summed E-state index contributed by atoms with van der Waals surface area (Å²) in [6, 6.07) is 19.9. The molecule has 0 spiro atoms. The predicted octanol–water partition coefficient (Wildman–Crippen LogP) is 7.14. The van der Waals surface area contributed by atoms with Crippen LogP contribution in [0.3, 0.4) is 0 Å². The van der Waals surface area contributed by atoms with Crippen molar-refractivity contribution in [3.63, 3.8) is 0 Å². The molecule has 0 aliphatic heterocycles. The number of carbonyl (C=O) groups is 3. The minimum atomic E-state index is -0.630. The maximum Gasteiger partial charge on any atom is 0.219 e. The molecule has 338 valence electrons. The number of benzene rings is 2. The third kappa shape index (κ3) is 21.0. The van der Waals surface area contributed by atoms with Gasteiger partial charge in [0.1, 0.15) is 0 Å². The van der Waals surface area contributed by atoms with Crippen LogP contribution in [0.25, 0.3) is 0 Å². The van der Waals surface area contributed by atoms with E-state index in [1.165, 1.54) is 5.56 Å². The van der Waals surface area contributed by atoms with Crippen molar-refractivity contribution in [3.8, 4) is 0 Å². The monoisotopic (exact) mass is 845 g/mol. The lowest BCUT2D eigenvalue weighted by molar-refractivity contribution is -0.121. The minimum Gasteiger partial charge on any atom is -0.393 e. The van der Waals surface area contributed by atoms with Gasteiger partial charge in [-0.25, -0.2) is 0 Å². The summed E-state index contributed by atoms with van der Waals surface area (Å²) in [5.41, 5.74) is 2.32. The Kier molecular flexibility index (Phi) is 26.7. The number of ketones is 1. The maximum atomic E-state index is 12.2. The SMILES string of the molecule is C.CCNC(=O)CCC/C=C\C[C@@H]1[C@@H](/C=C/C(=O)CCc2ccccc2)[C@H](O)C[C@@H]1O.CCNC(=O)CCC/C=C\C[C@@H]1[C@@H](/C=C/[C@@H](O)CCc2ccccc2)[C@H](O)C[C@@H]1O. The number of aryl methyl sites for hydroxylation is 2. The fourth-order valence-electron chi connectivity index (χ4n) is 8.01. The van der Waals surface area contributed by atoms with Crippen molar-refractivity contribution in [1.29, 1.82) is 0 Å². The summed E-state index contributed by atoms with van der Waals surface area (Å²) in [5.74, 6) is -0.354. The van der Waals surface area contributed by atoms with Gasteiger partial charge in [-0.3, -0.25) is 14.4 Å². The number of allylic oxidation sites excluding steroid dienone is 5. The first-order valence-corrected chi connectivity index (χ1v) is 22.2. The minimum absolute atomic E-state index is 0. The standard InChI is InChI=1S/C25H37NO4.C25H35NO4.CH4/c2*1-2-26-25(30)13-9-4-3-8-12-21-22(24(29)18-23(21)28)17-16-20(27)15-14-19-10-6-5-7-11-19;/h3,5-8,10-11,16-17,20-24,27-29H,2,4,9,12-15,18H2,1H3,(H,26,30);3,5-8,10-11,16-17,21-24,28-29H,2,4,9,12-15,18H2,1H3,(H,26,30);1H4/b2*8-3-,17-16+;/t20-,21+,22+,23-,24+;21-,22-,23+,24-;/m01./s1. The third-order valence-corrected chi connectivity index (χ3v) is 11.4. The van der Waals surface area contributed by atoms with Gasteiger partial charge in [-0.2, -0.15) is 0 Å². The molecule has 0 radical (unpaired) electrons. The molecule has 0 bridgehead atoms. The molecule has 9 atom stereocenters. The van der Waals surface area contributed by atoms with Crippen LogP contribution in [0.2, 0.25) is 0 Å². The molecular formula is C51H76N2O8. The van der Waals surface area contributed by atoms with E-state index in [9.17, 15) is 39.9 Å². The van der Waals surface area contributed by atoms with Gasteiger partial charge in [0.15, 0.2) is 5.78 Å². The molecule has 0 heterocycles. The van der Waals surface area contributed by atoms with Crippen molar-refractivity contribution in [3.05, 3.63) is 120 Å². The summed E-state index contributed by atoms with van der Waals surface area (Å²) in [4.78, 5) is 35.1. The van der Waals surface area contributed by atoms with E-state index in [4.69, 9.17) is 0 Å². The average molecular weight is 845 g/mol. The summed E-state index contributed by atoms with van der Waals surface area (Å²) in [6.07, 6.45) is 21.0. The van der Waals surface area contributed by atoms with Crippen LogP contribution in [0.4, 0.5) is 0 Å². The zero-order valence-corrected chi connectivity index (χ0v) is 35.9. The Labute approximate surface area is 366 Å². The molecule has 61 heavy (non-hydrogen) atoms. The van der Waals surface area contributed by atoms with Crippen molar-refractivity contribution >= 4 is 17.6 Å². The molecule has 10 nitrogen and oxygen atoms in total. The average Bonchev–Trinajstić information content (AvgIpc) is 3.67. The van der Waals surface area contributed by atoms with E-state index < -0.39 is 30.5 Å². The number of nitrogens with one attached hydrogen (secondary N) is 2. The smallest absolute Gasteiger partial charge is 0.219 e. The van der Waals surface area contributed by atoms with Gasteiger partial charge < -0.3 is 36.2 Å². The zero-order valence-electron chi connectivity index (χ0n) is 35.9. The Balaban J connectivity index is 0.000000413. The van der Waals surface area contributed by atoms with Crippen LogP contribution in [0.5, 0.6) is 0 Å². The quantitative estimate of drug-likeness (QED) is 0.0332. The summed E-state index contributed by atoms with van der Waals surface area (Å²) in [6.45, 7) is 5.12. The van der Waals surface area contributed by atoms with E-state index in [1.807, 2.05) is 105 Å². The van der Waals surface area contributed by atoms with Gasteiger partial charge in [0.05, 0.1) is 30.5 Å². The van der Waals surface area contributed by atoms with Crippen molar-refractivity contribution in [2.24, 2.45) is 23.7 Å². The highest BCUT2D eigenvalue weighted by Gasteiger charge is 2.40. The second kappa shape index (κ2) is 30.8. The molecule has 0 aromatic heterocycles. The van der Waals surface area contributed by atoms with E-state index in [-0.39, 0.29) is 48.7 Å². The third-order valence-electron chi connectivity index (χ3n) is 11.4. The van der Waals surface area contributed by atoms with Gasteiger partial charge in [-0.1, -0.05) is 111 Å². The summed E-state index contributed by atoms with van der Waals surface area (Å²) in [5, 5.41) is 57.2. The van der Waals surface area contributed by atoms with E-state index in [0.717, 1.165) is 37.7 Å². The first-order valence-electron chi connectivity index (χ1n) is 22.2. The van der Waals surface area contributed by atoms with Gasteiger partial charge in [0.2, 0.25) is 11.8 Å². The number of aliphatic hydroxyl groups is 5. The van der Waals surface area contributed by atoms with Gasteiger partial charge in [-0.05, 0) is 101 Å². The Morgan fingerprint density at radius 2 is 1.10 bits per heavy atom. The summed E-state index contributed by atoms with van der Waals surface area (Å²) < 4.78 is 0. The second-order valence-electron chi connectivity index (χ2n) is 16.1. The van der Waals surface area contributed by atoms with E-state index in [0.29, 0.717) is 70.9 Å². The molecule has 4 rings (SSSR count). The van der Waals surface area contributed by atoms with Crippen LogP contribution >= 0.6 is 0 Å². The van der Waals surface area contributed by atoms with Gasteiger partial charge in [0, 0.05) is 57.0 Å². The molecule has 2 aliphatic carbocycles. The fraction of sp³-hybridized carbons (Fsp3) is 0.549. The van der Waals surface area contributed by atoms with E-state index in [2.05, 4.69) is 10.6 Å². The molecule has 2 fully saturated rings. The number of amides is 2. The molecule has 2 amide bonds. The van der Waals surface area contributed by atoms with Crippen molar-refractivity contribution in [1.82, 2.24) is 10.6 Å². The lowest BCUT2D eigenvalue weighted by Crippen LogP contribution is -2.21. The number of hydrogen-bond acceptors (Lipinski definition) is 8. The van der Waals surface area contributed by atoms with E-state index in [1.54, 1.807) is 18.2 Å². The molecule has 0 saturated heterocycles. The number of carbonyl (C=O) groups excluding carboxylic acids is 3. The zero-order chi connectivity index (χ0) is 43.5. The number of hydrogen-bond donors (Lipinski definition) is 7. The van der Waals surface area contributed by atoms with Crippen LogP contribution in [0, 0.1) is 23.7 Å². The highest BCUT2D eigenvalue weighted by molar-refractivity contribution is 5.89. The number of rotatable bonds is 24. The Morgan fingerprint density at radius 3 is 1.57 bits per heavy atom. The second-order valence-corrected chi connectivity index (χ2v) is 16.1. The molecule has 2 aromatic carbocycles. The van der Waals surface area contributed by atoms with Crippen molar-refractivity contribution in [2.75, 3.05) is 13.1 Å². The molecular weight excluding hydrogens is 769 g/mol. The summed E-state index contributed by atoms with van der Waals surface area (Å²) >= 11 is 0. The van der Waals surface area contributed by atoms with Crippen LogP contribution in [-0.4, -0.2) is 86.7 Å². The molecule has 10 heteroatoms. The van der Waals surface area contributed by atoms with Crippen LogP contribution in [-0.2, 0) is 27.2 Å².